The third kappa shape index (κ3) is 1.04. The number of hydrogen-bond acceptors (Lipinski definition) is 3. The van der Waals surface area contributed by atoms with Gasteiger partial charge in [-0.2, -0.15) is 0 Å². The van der Waals surface area contributed by atoms with Gasteiger partial charge in [0.15, 0.2) is 0 Å². The summed E-state index contributed by atoms with van der Waals surface area (Å²) in [4.78, 5) is 4.38. The van der Waals surface area contributed by atoms with E-state index in [2.05, 4.69) is 11.1 Å². The third-order valence-electron chi connectivity index (χ3n) is 2.56. The molecule has 0 radical (unpaired) electrons. The van der Waals surface area contributed by atoms with Gasteiger partial charge in [0.25, 0.3) is 0 Å². The lowest BCUT2D eigenvalue weighted by atomic mass is 10.1. The van der Waals surface area contributed by atoms with Crippen LogP contribution in [0.25, 0.3) is 10.2 Å². The van der Waals surface area contributed by atoms with Crippen molar-refractivity contribution in [2.75, 3.05) is 5.73 Å². The molecule has 13 heavy (non-hydrogen) atoms. The molecule has 0 bridgehead atoms. The largest absolute Gasteiger partial charge is 0.398 e. The molecule has 0 amide bonds. The predicted octanol–water partition coefficient (Wildman–Crippen LogP) is 2.76. The number of nitrogens with two attached hydrogens (primary N) is 1. The average molecular weight is 190 g/mol. The topological polar surface area (TPSA) is 38.9 Å². The van der Waals surface area contributed by atoms with Crippen LogP contribution in [-0.4, -0.2) is 4.98 Å². The molecule has 0 unspecified atom stereocenters. The first-order valence-electron chi connectivity index (χ1n) is 4.48. The van der Waals surface area contributed by atoms with E-state index in [-0.39, 0.29) is 0 Å². The van der Waals surface area contributed by atoms with E-state index in [0.717, 1.165) is 11.2 Å². The number of benzene rings is 1. The molecule has 3 heteroatoms. The van der Waals surface area contributed by atoms with Crippen molar-refractivity contribution in [2.24, 2.45) is 0 Å². The number of fused-ring (bicyclic) bond motifs is 1. The van der Waals surface area contributed by atoms with Crippen molar-refractivity contribution in [1.29, 1.82) is 0 Å². The summed E-state index contributed by atoms with van der Waals surface area (Å²) in [6, 6.07) is 4.07. The van der Waals surface area contributed by atoms with Crippen molar-refractivity contribution in [3.63, 3.8) is 0 Å². The maximum Gasteiger partial charge on any atom is 0.0867 e. The molecule has 66 valence electrons. The van der Waals surface area contributed by atoms with Gasteiger partial charge < -0.3 is 5.73 Å². The van der Waals surface area contributed by atoms with E-state index >= 15 is 0 Å². The van der Waals surface area contributed by atoms with Crippen LogP contribution in [0.3, 0.4) is 0 Å². The Bertz CT molecular complexity index is 457. The van der Waals surface area contributed by atoms with Crippen molar-refractivity contribution in [2.45, 2.75) is 18.8 Å². The van der Waals surface area contributed by atoms with E-state index in [1.807, 2.05) is 11.6 Å². The lowest BCUT2D eigenvalue weighted by Crippen LogP contribution is -1.92. The highest BCUT2D eigenvalue weighted by Crippen LogP contribution is 2.45. The smallest absolute Gasteiger partial charge is 0.0867 e. The number of anilines is 1. The molecule has 0 aliphatic heterocycles. The van der Waals surface area contributed by atoms with Crippen molar-refractivity contribution in [1.82, 2.24) is 4.98 Å². The second-order valence-electron chi connectivity index (χ2n) is 3.54. The Hall–Kier alpha value is -1.09. The van der Waals surface area contributed by atoms with Gasteiger partial charge in [0.1, 0.15) is 0 Å². The summed E-state index contributed by atoms with van der Waals surface area (Å²) >= 11 is 1.69. The molecule has 1 aromatic carbocycles. The van der Waals surface area contributed by atoms with Crippen LogP contribution in [0.4, 0.5) is 5.69 Å². The standard InChI is InChI=1S/C10H10N2S/c11-7-3-4-8-10(12-5-13-8)9(7)6-1-2-6/h3-6H,1-2,11H2. The third-order valence-corrected chi connectivity index (χ3v) is 3.36. The van der Waals surface area contributed by atoms with Crippen LogP contribution >= 0.6 is 11.3 Å². The maximum atomic E-state index is 5.95. The van der Waals surface area contributed by atoms with Crippen LogP contribution in [0.5, 0.6) is 0 Å². The SMILES string of the molecule is Nc1ccc2scnc2c1C1CC1. The minimum absolute atomic E-state index is 0.686. The molecule has 3 rings (SSSR count). The quantitative estimate of drug-likeness (QED) is 0.702. The van der Waals surface area contributed by atoms with E-state index in [1.54, 1.807) is 11.3 Å². The van der Waals surface area contributed by atoms with Crippen LogP contribution in [0.2, 0.25) is 0 Å². The second kappa shape index (κ2) is 2.45. The molecular formula is C10H10N2S. The van der Waals surface area contributed by atoms with Gasteiger partial charge in [0, 0.05) is 11.3 Å². The first-order chi connectivity index (χ1) is 6.36. The van der Waals surface area contributed by atoms with Gasteiger partial charge in [0.2, 0.25) is 0 Å². The van der Waals surface area contributed by atoms with Crippen molar-refractivity contribution < 1.29 is 0 Å². The van der Waals surface area contributed by atoms with E-state index in [1.165, 1.54) is 23.1 Å². The molecule has 1 aliphatic carbocycles. The fraction of sp³-hybridized carbons (Fsp3) is 0.300. The molecule has 0 atom stereocenters. The average Bonchev–Trinajstić information content (AvgIpc) is 2.82. The Morgan fingerprint density at radius 2 is 2.23 bits per heavy atom. The van der Waals surface area contributed by atoms with E-state index in [0.29, 0.717) is 5.92 Å². The summed E-state index contributed by atoms with van der Waals surface area (Å²) in [6.45, 7) is 0. The Morgan fingerprint density at radius 1 is 1.38 bits per heavy atom. The van der Waals surface area contributed by atoms with Crippen molar-refractivity contribution in [3.8, 4) is 0 Å². The summed E-state index contributed by atoms with van der Waals surface area (Å²) < 4.78 is 1.26. The molecule has 2 nitrogen and oxygen atoms in total. The van der Waals surface area contributed by atoms with Crippen LogP contribution in [-0.2, 0) is 0 Å². The van der Waals surface area contributed by atoms with Gasteiger partial charge in [-0.25, -0.2) is 4.98 Å². The van der Waals surface area contributed by atoms with E-state index < -0.39 is 0 Å². The molecule has 2 N–H and O–H groups in total. The summed E-state index contributed by atoms with van der Waals surface area (Å²) in [6.07, 6.45) is 2.56. The fourth-order valence-electron chi connectivity index (χ4n) is 1.77. The Kier molecular flexibility index (Phi) is 1.38. The first-order valence-corrected chi connectivity index (χ1v) is 5.36. The highest BCUT2D eigenvalue weighted by Gasteiger charge is 2.28. The summed E-state index contributed by atoms with van der Waals surface area (Å²) in [5.41, 5.74) is 11.2. The minimum atomic E-state index is 0.686. The highest BCUT2D eigenvalue weighted by molar-refractivity contribution is 7.16. The van der Waals surface area contributed by atoms with Crippen LogP contribution in [0.15, 0.2) is 17.6 Å². The van der Waals surface area contributed by atoms with Gasteiger partial charge in [0.05, 0.1) is 15.7 Å². The zero-order chi connectivity index (χ0) is 8.84. The fourth-order valence-corrected chi connectivity index (χ4v) is 2.46. The molecule has 0 spiro atoms. The van der Waals surface area contributed by atoms with Crippen LogP contribution in [0.1, 0.15) is 24.3 Å². The first kappa shape index (κ1) is 7.33. The Labute approximate surface area is 80.4 Å². The number of nitrogen functional groups attached to an aromatic ring is 1. The summed E-state index contributed by atoms with van der Waals surface area (Å²) in [5, 5.41) is 0. The van der Waals surface area contributed by atoms with Gasteiger partial charge in [-0.05, 0) is 30.9 Å². The number of aromatic nitrogens is 1. The van der Waals surface area contributed by atoms with Gasteiger partial charge >= 0.3 is 0 Å². The van der Waals surface area contributed by atoms with Gasteiger partial charge in [-0.3, -0.25) is 0 Å². The Balaban J connectivity index is 2.36. The number of thiazole rings is 1. The molecule has 1 heterocycles. The lowest BCUT2D eigenvalue weighted by molar-refractivity contribution is 1.14. The van der Waals surface area contributed by atoms with E-state index in [4.69, 9.17) is 5.73 Å². The molecule has 0 saturated heterocycles. The molecule has 1 aromatic heterocycles. The van der Waals surface area contributed by atoms with Crippen molar-refractivity contribution >= 4 is 27.2 Å². The number of hydrogen-bond donors (Lipinski definition) is 1. The summed E-state index contributed by atoms with van der Waals surface area (Å²) in [7, 11) is 0. The highest BCUT2D eigenvalue weighted by atomic mass is 32.1. The normalized spacial score (nSPS) is 16.6. The zero-order valence-electron chi connectivity index (χ0n) is 7.16. The van der Waals surface area contributed by atoms with Crippen LogP contribution in [0, 0.1) is 0 Å². The van der Waals surface area contributed by atoms with Crippen LogP contribution < -0.4 is 5.73 Å². The number of rotatable bonds is 1. The molecule has 1 saturated carbocycles. The monoisotopic (exact) mass is 190 g/mol. The minimum Gasteiger partial charge on any atom is -0.398 e. The molecule has 1 aliphatic rings. The summed E-state index contributed by atoms with van der Waals surface area (Å²) in [5.74, 6) is 0.686. The molecule has 1 fully saturated rings. The predicted molar refractivity (Wildman–Crippen MR) is 56.0 cm³/mol. The molecular weight excluding hydrogens is 180 g/mol. The lowest BCUT2D eigenvalue weighted by Gasteiger charge is -2.03. The maximum absolute atomic E-state index is 5.95. The number of nitrogens with zero attached hydrogens (tertiary/aromatic N) is 1. The van der Waals surface area contributed by atoms with Gasteiger partial charge in [-0.1, -0.05) is 0 Å². The van der Waals surface area contributed by atoms with Gasteiger partial charge in [-0.15, -0.1) is 11.3 Å². The zero-order valence-corrected chi connectivity index (χ0v) is 7.97. The molecule has 2 aromatic rings. The second-order valence-corrected chi connectivity index (χ2v) is 4.43. The van der Waals surface area contributed by atoms with E-state index in [9.17, 15) is 0 Å². The van der Waals surface area contributed by atoms with Crippen molar-refractivity contribution in [3.05, 3.63) is 23.2 Å². The Morgan fingerprint density at radius 3 is 3.00 bits per heavy atom.